The van der Waals surface area contributed by atoms with Crippen LogP contribution in [0, 0.1) is 0 Å². The molecule has 1 fully saturated rings. The van der Waals surface area contributed by atoms with Crippen molar-refractivity contribution in [3.05, 3.63) is 59.9 Å². The minimum atomic E-state index is -0.827. The highest BCUT2D eigenvalue weighted by Gasteiger charge is 2.31. The number of carbonyl (C=O) groups is 1. The van der Waals surface area contributed by atoms with Crippen molar-refractivity contribution in [2.75, 3.05) is 19.6 Å². The lowest BCUT2D eigenvalue weighted by Gasteiger charge is -2.22. The maximum absolute atomic E-state index is 13.7. The molecule has 0 saturated carbocycles. The number of hydrogen-bond donors (Lipinski definition) is 1. The van der Waals surface area contributed by atoms with E-state index >= 15 is 0 Å². The molecule has 1 saturated heterocycles. The fraction of sp³-hybridized carbons (Fsp3) is 0.304. The van der Waals surface area contributed by atoms with Gasteiger partial charge in [0.1, 0.15) is 6.17 Å². The number of hydrogen-bond acceptors (Lipinski definition) is 6. The summed E-state index contributed by atoms with van der Waals surface area (Å²) in [7, 11) is 0. The minimum Gasteiger partial charge on any atom is -0.350 e. The van der Waals surface area contributed by atoms with Crippen LogP contribution in [-0.2, 0) is 0 Å². The summed E-state index contributed by atoms with van der Waals surface area (Å²) in [6, 6.07) is 9.40. The Balaban J connectivity index is 1.37. The second-order valence-electron chi connectivity index (χ2n) is 7.83. The van der Waals surface area contributed by atoms with E-state index in [0.29, 0.717) is 36.4 Å². The molecule has 4 aromatic heterocycles. The largest absolute Gasteiger partial charge is 0.350 e. The van der Waals surface area contributed by atoms with E-state index in [1.54, 1.807) is 40.4 Å². The average molecular weight is 451 g/mol. The van der Waals surface area contributed by atoms with Crippen molar-refractivity contribution in [2.24, 2.45) is 0 Å². The predicted octanol–water partition coefficient (Wildman–Crippen LogP) is 3.68. The molecule has 1 amide bonds. The van der Waals surface area contributed by atoms with Gasteiger partial charge in [0.25, 0.3) is 5.91 Å². The molecule has 164 valence electrons. The zero-order valence-corrected chi connectivity index (χ0v) is 18.4. The van der Waals surface area contributed by atoms with E-state index in [0.717, 1.165) is 22.7 Å². The Hall–Kier alpha value is -3.17. The fourth-order valence-electron chi connectivity index (χ4n) is 4.16. The monoisotopic (exact) mass is 450 g/mol. The summed E-state index contributed by atoms with van der Waals surface area (Å²) in [5, 5.41) is 9.35. The van der Waals surface area contributed by atoms with Crippen molar-refractivity contribution in [3.8, 4) is 21.8 Å². The van der Waals surface area contributed by atoms with E-state index in [2.05, 4.69) is 20.3 Å². The Morgan fingerprint density at radius 2 is 2.22 bits per heavy atom. The minimum absolute atomic E-state index is 0.0275. The number of rotatable bonds is 6. The summed E-state index contributed by atoms with van der Waals surface area (Å²) in [6.07, 6.45) is 4.82. The molecule has 5 rings (SSSR count). The van der Waals surface area contributed by atoms with Gasteiger partial charge in [-0.2, -0.15) is 5.10 Å². The second kappa shape index (κ2) is 8.76. The normalized spacial score (nSPS) is 18.9. The molecule has 0 aliphatic carbocycles. The van der Waals surface area contributed by atoms with Crippen LogP contribution < -0.4 is 5.32 Å². The molecule has 7 nitrogen and oxygen atoms in total. The number of likely N-dealkylation sites (N-methyl/N-ethyl adjacent to an activating group) is 1. The maximum atomic E-state index is 13.7. The van der Waals surface area contributed by atoms with E-state index in [-0.39, 0.29) is 11.9 Å². The van der Waals surface area contributed by atoms with Gasteiger partial charge in [-0.05, 0) is 42.6 Å². The molecule has 0 spiro atoms. The molecule has 2 unspecified atom stereocenters. The smallest absolute Gasteiger partial charge is 0.251 e. The molecule has 1 aliphatic heterocycles. The molecule has 1 aliphatic rings. The lowest BCUT2D eigenvalue weighted by molar-refractivity contribution is 0.0941. The Labute approximate surface area is 188 Å². The molecule has 4 aromatic rings. The number of aromatic nitrogens is 4. The Morgan fingerprint density at radius 3 is 3.03 bits per heavy atom. The van der Waals surface area contributed by atoms with Crippen LogP contribution >= 0.6 is 11.3 Å². The van der Waals surface area contributed by atoms with Gasteiger partial charge in [0.05, 0.1) is 28.0 Å². The fourth-order valence-corrected chi connectivity index (χ4v) is 4.86. The number of thiophene rings is 1. The van der Waals surface area contributed by atoms with Gasteiger partial charge in [-0.1, -0.05) is 13.0 Å². The van der Waals surface area contributed by atoms with Gasteiger partial charge in [0.15, 0.2) is 5.65 Å². The summed E-state index contributed by atoms with van der Waals surface area (Å²) in [5.74, 6) is -0.198. The van der Waals surface area contributed by atoms with Crippen LogP contribution in [0.2, 0.25) is 0 Å². The molecule has 32 heavy (non-hydrogen) atoms. The molecule has 0 bridgehead atoms. The highest BCUT2D eigenvalue weighted by molar-refractivity contribution is 7.13. The molecule has 0 aromatic carbocycles. The van der Waals surface area contributed by atoms with Crippen LogP contribution in [0.25, 0.3) is 27.5 Å². The molecule has 0 radical (unpaired) electrons. The molecule has 2 atom stereocenters. The van der Waals surface area contributed by atoms with Crippen molar-refractivity contribution in [1.82, 2.24) is 29.8 Å². The van der Waals surface area contributed by atoms with Crippen LogP contribution in [-0.4, -0.2) is 62.2 Å². The number of fused-ring (bicyclic) bond motifs is 1. The van der Waals surface area contributed by atoms with Gasteiger partial charge in [-0.3, -0.25) is 14.7 Å². The highest BCUT2D eigenvalue weighted by Crippen LogP contribution is 2.27. The molecular weight excluding hydrogens is 427 g/mol. The molecule has 1 N–H and O–H groups in total. The van der Waals surface area contributed by atoms with Crippen LogP contribution in [0.3, 0.4) is 0 Å². The topological polar surface area (TPSA) is 75.4 Å². The Kier molecular flexibility index (Phi) is 5.67. The summed E-state index contributed by atoms with van der Waals surface area (Å²) >= 11 is 1.63. The number of halogens is 1. The van der Waals surface area contributed by atoms with E-state index in [1.807, 2.05) is 36.7 Å². The predicted molar refractivity (Wildman–Crippen MR) is 122 cm³/mol. The third-order valence-electron chi connectivity index (χ3n) is 5.82. The number of carbonyl (C=O) groups excluding carboxylic acids is 1. The van der Waals surface area contributed by atoms with Crippen LogP contribution in [0.1, 0.15) is 23.7 Å². The molecule has 5 heterocycles. The first kappa shape index (κ1) is 20.7. The van der Waals surface area contributed by atoms with Gasteiger partial charge in [0.2, 0.25) is 0 Å². The number of pyridine rings is 1. The van der Waals surface area contributed by atoms with Crippen molar-refractivity contribution in [2.45, 2.75) is 25.6 Å². The Bertz CT molecular complexity index is 1240. The third-order valence-corrected chi connectivity index (χ3v) is 6.71. The van der Waals surface area contributed by atoms with Crippen molar-refractivity contribution in [3.63, 3.8) is 0 Å². The van der Waals surface area contributed by atoms with Crippen LogP contribution in [0.5, 0.6) is 0 Å². The maximum Gasteiger partial charge on any atom is 0.251 e. The summed E-state index contributed by atoms with van der Waals surface area (Å²) in [5.41, 5.74) is 3.43. The first-order valence-electron chi connectivity index (χ1n) is 10.6. The highest BCUT2D eigenvalue weighted by atomic mass is 32.1. The quantitative estimate of drug-likeness (QED) is 0.485. The molecular formula is C23H23FN6OS. The first-order chi connectivity index (χ1) is 15.6. The zero-order chi connectivity index (χ0) is 22.1. The summed E-state index contributed by atoms with van der Waals surface area (Å²) in [4.78, 5) is 25.2. The number of nitrogens with zero attached hydrogens (tertiary/aromatic N) is 5. The zero-order valence-electron chi connectivity index (χ0n) is 17.6. The third kappa shape index (κ3) is 4.01. The van der Waals surface area contributed by atoms with Crippen molar-refractivity contribution in [1.29, 1.82) is 0 Å². The van der Waals surface area contributed by atoms with E-state index in [1.165, 1.54) is 0 Å². The number of likely N-dealkylation sites (tertiary alicyclic amines) is 1. The second-order valence-corrected chi connectivity index (χ2v) is 8.78. The number of alkyl halides is 1. The lowest BCUT2D eigenvalue weighted by Crippen LogP contribution is -2.40. The van der Waals surface area contributed by atoms with Crippen molar-refractivity contribution >= 4 is 22.9 Å². The molecule has 9 heteroatoms. The van der Waals surface area contributed by atoms with Gasteiger partial charge in [-0.25, -0.2) is 13.9 Å². The SMILES string of the molecule is CCN1CC(F)CC1CNC(=O)c1ccnc(-c2cnn3ccc(-c4cccs4)nc23)c1. The van der Waals surface area contributed by atoms with Crippen LogP contribution in [0.4, 0.5) is 4.39 Å². The Morgan fingerprint density at radius 1 is 1.31 bits per heavy atom. The van der Waals surface area contributed by atoms with E-state index in [4.69, 9.17) is 4.98 Å². The van der Waals surface area contributed by atoms with Gasteiger partial charge in [0, 0.05) is 37.1 Å². The first-order valence-corrected chi connectivity index (χ1v) is 11.5. The van der Waals surface area contributed by atoms with E-state index in [9.17, 15) is 9.18 Å². The van der Waals surface area contributed by atoms with Crippen LogP contribution in [0.15, 0.2) is 54.3 Å². The van der Waals surface area contributed by atoms with Gasteiger partial charge >= 0.3 is 0 Å². The standard InChI is InChI=1S/C23H23FN6OS/c1-2-29-14-16(24)11-17(29)12-26-23(31)15-5-7-25-20(10-15)18-13-27-30-8-6-19(28-22(18)30)21-4-3-9-32-21/h3-10,13,16-17H,2,11-12,14H2,1H3,(H,26,31). The van der Waals surface area contributed by atoms with Crippen molar-refractivity contribution < 1.29 is 9.18 Å². The lowest BCUT2D eigenvalue weighted by atomic mass is 10.1. The number of nitrogens with one attached hydrogen (secondary N) is 1. The number of amides is 1. The van der Waals surface area contributed by atoms with Gasteiger partial charge < -0.3 is 5.32 Å². The van der Waals surface area contributed by atoms with E-state index < -0.39 is 6.17 Å². The van der Waals surface area contributed by atoms with Gasteiger partial charge in [-0.15, -0.1) is 11.3 Å². The summed E-state index contributed by atoms with van der Waals surface area (Å²) < 4.78 is 15.4. The average Bonchev–Trinajstić information content (AvgIpc) is 3.56. The summed E-state index contributed by atoms with van der Waals surface area (Å²) in [6.45, 7) is 3.64.